The quantitative estimate of drug-likeness (QED) is 0.660. The predicted molar refractivity (Wildman–Crippen MR) is 118 cm³/mol. The van der Waals surface area contributed by atoms with Gasteiger partial charge in [0, 0.05) is 37.5 Å². The Hall–Kier alpha value is -2.82. The van der Waals surface area contributed by atoms with Crippen LogP contribution in [0.4, 0.5) is 11.5 Å². The number of aromatic nitrogens is 2. The molecule has 1 aromatic heterocycles. The fourth-order valence-electron chi connectivity index (χ4n) is 4.21. The minimum absolute atomic E-state index is 0.551. The molecular weight excluding hydrogens is 360 g/mol. The standard InChI is InChI=1S/C24H28N4O/c1-16-14-19-20(15-17(16)2)25-23(18-8-9-18)26-24(19)28-12-10-27(11-13-28)21-6-4-5-7-22(21)29-3/h4-7,14-15,18H,8-13H2,1-3H3. The van der Waals surface area contributed by atoms with Gasteiger partial charge >= 0.3 is 0 Å². The molecule has 5 rings (SSSR count). The number of ether oxygens (including phenoxy) is 1. The Bertz CT molecular complexity index is 1050. The van der Waals surface area contributed by atoms with E-state index < -0.39 is 0 Å². The van der Waals surface area contributed by atoms with Gasteiger partial charge in [0.2, 0.25) is 0 Å². The van der Waals surface area contributed by atoms with Gasteiger partial charge in [-0.25, -0.2) is 9.97 Å². The zero-order valence-corrected chi connectivity index (χ0v) is 17.5. The van der Waals surface area contributed by atoms with Gasteiger partial charge in [-0.3, -0.25) is 0 Å². The molecule has 0 amide bonds. The van der Waals surface area contributed by atoms with E-state index in [-0.39, 0.29) is 0 Å². The Labute approximate surface area is 172 Å². The lowest BCUT2D eigenvalue weighted by Crippen LogP contribution is -2.47. The lowest BCUT2D eigenvalue weighted by atomic mass is 10.1. The SMILES string of the molecule is COc1ccccc1N1CCN(c2nc(C3CC3)nc3cc(C)c(C)cc23)CC1. The molecule has 0 N–H and O–H groups in total. The van der Waals surface area contributed by atoms with E-state index in [1.165, 1.54) is 35.0 Å². The van der Waals surface area contributed by atoms with Crippen LogP contribution in [0.25, 0.3) is 10.9 Å². The molecule has 0 unspecified atom stereocenters. The normalized spacial score (nSPS) is 17.1. The zero-order valence-electron chi connectivity index (χ0n) is 17.5. The number of para-hydroxylation sites is 2. The molecule has 1 saturated carbocycles. The van der Waals surface area contributed by atoms with Crippen molar-refractivity contribution >= 4 is 22.4 Å². The number of piperazine rings is 1. The van der Waals surface area contributed by atoms with Crippen LogP contribution in [0.1, 0.15) is 35.7 Å². The highest BCUT2D eigenvalue weighted by atomic mass is 16.5. The van der Waals surface area contributed by atoms with Crippen molar-refractivity contribution in [2.75, 3.05) is 43.1 Å². The van der Waals surface area contributed by atoms with Gasteiger partial charge in [0.1, 0.15) is 17.4 Å². The van der Waals surface area contributed by atoms with E-state index in [1.807, 2.05) is 12.1 Å². The summed E-state index contributed by atoms with van der Waals surface area (Å²) in [6.07, 6.45) is 2.44. The monoisotopic (exact) mass is 388 g/mol. The Morgan fingerprint density at radius 1 is 0.897 bits per heavy atom. The number of anilines is 2. The van der Waals surface area contributed by atoms with E-state index in [1.54, 1.807) is 7.11 Å². The highest BCUT2D eigenvalue weighted by Crippen LogP contribution is 2.40. The second-order valence-electron chi connectivity index (χ2n) is 8.28. The first kappa shape index (κ1) is 18.2. The van der Waals surface area contributed by atoms with E-state index in [0.717, 1.165) is 49.1 Å². The molecule has 2 aliphatic rings. The van der Waals surface area contributed by atoms with Crippen molar-refractivity contribution in [1.82, 2.24) is 9.97 Å². The van der Waals surface area contributed by atoms with Crippen molar-refractivity contribution in [3.8, 4) is 5.75 Å². The third-order valence-electron chi connectivity index (χ3n) is 6.26. The summed E-state index contributed by atoms with van der Waals surface area (Å²) in [5, 5.41) is 1.18. The molecule has 1 aliphatic carbocycles. The van der Waals surface area contributed by atoms with Crippen LogP contribution >= 0.6 is 0 Å². The molecule has 2 heterocycles. The van der Waals surface area contributed by atoms with Crippen molar-refractivity contribution < 1.29 is 4.74 Å². The van der Waals surface area contributed by atoms with Crippen LogP contribution in [-0.2, 0) is 0 Å². The maximum absolute atomic E-state index is 5.57. The molecule has 2 fully saturated rings. The summed E-state index contributed by atoms with van der Waals surface area (Å²) in [6, 6.07) is 12.8. The van der Waals surface area contributed by atoms with Crippen LogP contribution in [0, 0.1) is 13.8 Å². The summed E-state index contributed by atoms with van der Waals surface area (Å²) in [7, 11) is 1.74. The fourth-order valence-corrected chi connectivity index (χ4v) is 4.21. The molecule has 150 valence electrons. The number of hydrogen-bond donors (Lipinski definition) is 0. The number of hydrogen-bond acceptors (Lipinski definition) is 5. The molecule has 0 spiro atoms. The first-order chi connectivity index (χ1) is 14.1. The topological polar surface area (TPSA) is 41.5 Å². The number of nitrogens with zero attached hydrogens (tertiary/aromatic N) is 4. The minimum atomic E-state index is 0.551. The minimum Gasteiger partial charge on any atom is -0.495 e. The number of aryl methyl sites for hydroxylation is 2. The van der Waals surface area contributed by atoms with Gasteiger partial charge in [-0.15, -0.1) is 0 Å². The van der Waals surface area contributed by atoms with Crippen LogP contribution < -0.4 is 14.5 Å². The lowest BCUT2D eigenvalue weighted by Gasteiger charge is -2.37. The highest BCUT2D eigenvalue weighted by molar-refractivity contribution is 5.91. The van der Waals surface area contributed by atoms with Crippen molar-refractivity contribution in [2.24, 2.45) is 0 Å². The maximum atomic E-state index is 5.57. The van der Waals surface area contributed by atoms with E-state index in [9.17, 15) is 0 Å². The first-order valence-corrected chi connectivity index (χ1v) is 10.6. The van der Waals surface area contributed by atoms with Gasteiger partial charge < -0.3 is 14.5 Å². The van der Waals surface area contributed by atoms with Gasteiger partial charge in [-0.1, -0.05) is 12.1 Å². The van der Waals surface area contributed by atoms with E-state index >= 15 is 0 Å². The summed E-state index contributed by atoms with van der Waals surface area (Å²) < 4.78 is 5.57. The Morgan fingerprint density at radius 3 is 2.31 bits per heavy atom. The predicted octanol–water partition coefficient (Wildman–Crippen LogP) is 4.46. The van der Waals surface area contributed by atoms with Crippen LogP contribution in [-0.4, -0.2) is 43.3 Å². The molecule has 1 aliphatic heterocycles. The summed E-state index contributed by atoms with van der Waals surface area (Å²) in [5.41, 5.74) is 4.86. The maximum Gasteiger partial charge on any atom is 0.142 e. The van der Waals surface area contributed by atoms with Crippen molar-refractivity contribution in [1.29, 1.82) is 0 Å². The van der Waals surface area contributed by atoms with Gasteiger partial charge in [-0.05, 0) is 62.1 Å². The van der Waals surface area contributed by atoms with Gasteiger partial charge in [0.15, 0.2) is 0 Å². The molecule has 5 heteroatoms. The van der Waals surface area contributed by atoms with E-state index in [2.05, 4.69) is 47.9 Å². The lowest BCUT2D eigenvalue weighted by molar-refractivity contribution is 0.413. The number of fused-ring (bicyclic) bond motifs is 1. The average Bonchev–Trinajstić information content (AvgIpc) is 3.59. The Kier molecular flexibility index (Phi) is 4.53. The van der Waals surface area contributed by atoms with E-state index in [4.69, 9.17) is 14.7 Å². The third kappa shape index (κ3) is 3.39. The fraction of sp³-hybridized carbons (Fsp3) is 0.417. The number of benzene rings is 2. The summed E-state index contributed by atoms with van der Waals surface area (Å²) >= 11 is 0. The van der Waals surface area contributed by atoms with Crippen LogP contribution in [0.2, 0.25) is 0 Å². The first-order valence-electron chi connectivity index (χ1n) is 10.6. The van der Waals surface area contributed by atoms with E-state index in [0.29, 0.717) is 5.92 Å². The highest BCUT2D eigenvalue weighted by Gasteiger charge is 2.29. The summed E-state index contributed by atoms with van der Waals surface area (Å²) in [6.45, 7) is 8.14. The van der Waals surface area contributed by atoms with Crippen LogP contribution in [0.3, 0.4) is 0 Å². The molecular formula is C24H28N4O. The smallest absolute Gasteiger partial charge is 0.142 e. The second kappa shape index (κ2) is 7.21. The van der Waals surface area contributed by atoms with Crippen molar-refractivity contribution in [2.45, 2.75) is 32.6 Å². The van der Waals surface area contributed by atoms with Crippen LogP contribution in [0.5, 0.6) is 5.75 Å². The third-order valence-corrected chi connectivity index (χ3v) is 6.26. The zero-order chi connectivity index (χ0) is 20.0. The molecule has 0 radical (unpaired) electrons. The Morgan fingerprint density at radius 2 is 1.59 bits per heavy atom. The van der Waals surface area contributed by atoms with Gasteiger partial charge in [0.25, 0.3) is 0 Å². The number of rotatable bonds is 4. The largest absolute Gasteiger partial charge is 0.495 e. The molecule has 29 heavy (non-hydrogen) atoms. The van der Waals surface area contributed by atoms with Gasteiger partial charge in [0.05, 0.1) is 18.3 Å². The molecule has 5 nitrogen and oxygen atoms in total. The molecule has 3 aromatic rings. The average molecular weight is 389 g/mol. The molecule has 2 aromatic carbocycles. The van der Waals surface area contributed by atoms with Gasteiger partial charge in [-0.2, -0.15) is 0 Å². The Balaban J connectivity index is 1.46. The molecule has 0 atom stereocenters. The number of methoxy groups -OCH3 is 1. The molecule has 0 bridgehead atoms. The van der Waals surface area contributed by atoms with Crippen molar-refractivity contribution in [3.05, 3.63) is 53.3 Å². The second-order valence-corrected chi connectivity index (χ2v) is 8.28. The van der Waals surface area contributed by atoms with Crippen molar-refractivity contribution in [3.63, 3.8) is 0 Å². The summed E-state index contributed by atoms with van der Waals surface area (Å²) in [4.78, 5) is 14.8. The molecule has 1 saturated heterocycles. The van der Waals surface area contributed by atoms with Crippen LogP contribution in [0.15, 0.2) is 36.4 Å². The summed E-state index contributed by atoms with van der Waals surface area (Å²) in [5.74, 6) is 3.63.